The van der Waals surface area contributed by atoms with Crippen LogP contribution < -0.4 is 0 Å². The smallest absolute Gasteiger partial charge is 0.136 e. The highest BCUT2D eigenvalue weighted by molar-refractivity contribution is 7.80. The molecular formula is C11H14N2O2S. The Balaban J connectivity index is 2.32. The predicted octanol–water partition coefficient (Wildman–Crippen LogP) is 1.05. The zero-order chi connectivity index (χ0) is 11.5. The second kappa shape index (κ2) is 4.86. The molecule has 2 rings (SSSR count). The minimum absolute atomic E-state index is 0.449. The average Bonchev–Trinajstić information content (AvgIpc) is 2.72. The Kier molecular flexibility index (Phi) is 3.48. The van der Waals surface area contributed by atoms with E-state index in [1.807, 2.05) is 24.4 Å². The first-order valence-electron chi connectivity index (χ1n) is 5.13. The van der Waals surface area contributed by atoms with Gasteiger partial charge in [0, 0.05) is 6.20 Å². The van der Waals surface area contributed by atoms with Gasteiger partial charge in [-0.15, -0.1) is 0 Å². The first-order chi connectivity index (χ1) is 7.74. The molecule has 0 aliphatic heterocycles. The molecule has 0 saturated heterocycles. The largest absolute Gasteiger partial charge is 0.390 e. The van der Waals surface area contributed by atoms with Crippen molar-refractivity contribution in [3.8, 4) is 0 Å². The van der Waals surface area contributed by atoms with Crippen molar-refractivity contribution in [2.45, 2.75) is 18.6 Å². The van der Waals surface area contributed by atoms with Gasteiger partial charge in [0.2, 0.25) is 0 Å². The summed E-state index contributed by atoms with van der Waals surface area (Å²) >= 11 is 4.03. The van der Waals surface area contributed by atoms with Gasteiger partial charge < -0.3 is 14.6 Å². The summed E-state index contributed by atoms with van der Waals surface area (Å²) in [7, 11) is 0. The molecule has 0 bridgehead atoms. The molecule has 2 N–H and O–H groups in total. The summed E-state index contributed by atoms with van der Waals surface area (Å²) in [6.45, 7) is 0. The summed E-state index contributed by atoms with van der Waals surface area (Å²) in [4.78, 5) is 4.16. The molecule has 0 saturated carbocycles. The number of aliphatic hydroxyl groups is 2. The number of imidazole rings is 1. The molecule has 0 aliphatic carbocycles. The quantitative estimate of drug-likeness (QED) is 0.698. The van der Waals surface area contributed by atoms with Crippen molar-refractivity contribution >= 4 is 18.3 Å². The number of pyridine rings is 1. The van der Waals surface area contributed by atoms with Crippen LogP contribution in [0.15, 0.2) is 30.6 Å². The Labute approximate surface area is 99.0 Å². The highest BCUT2D eigenvalue weighted by Crippen LogP contribution is 2.20. The molecular weight excluding hydrogens is 224 g/mol. The maximum atomic E-state index is 9.96. The van der Waals surface area contributed by atoms with Gasteiger partial charge in [0.05, 0.1) is 18.0 Å². The van der Waals surface area contributed by atoms with Crippen molar-refractivity contribution < 1.29 is 10.2 Å². The van der Waals surface area contributed by atoms with E-state index in [-0.39, 0.29) is 0 Å². The molecule has 2 atom stereocenters. The summed E-state index contributed by atoms with van der Waals surface area (Å²) in [6, 6.07) is 5.58. The maximum Gasteiger partial charge on any atom is 0.136 e. The fourth-order valence-corrected chi connectivity index (χ4v) is 1.92. The number of thiol groups is 1. The zero-order valence-corrected chi connectivity index (χ0v) is 9.59. The van der Waals surface area contributed by atoms with E-state index in [1.165, 1.54) is 0 Å². The number of rotatable bonds is 4. The number of fused-ring (bicyclic) bond motifs is 1. The van der Waals surface area contributed by atoms with Crippen molar-refractivity contribution in [1.29, 1.82) is 0 Å². The van der Waals surface area contributed by atoms with E-state index < -0.39 is 12.2 Å². The predicted molar refractivity (Wildman–Crippen MR) is 64.6 cm³/mol. The van der Waals surface area contributed by atoms with Crippen LogP contribution in [0.5, 0.6) is 0 Å². The average molecular weight is 238 g/mol. The topological polar surface area (TPSA) is 57.8 Å². The lowest BCUT2D eigenvalue weighted by Crippen LogP contribution is -2.20. The number of hydrogen-bond acceptors (Lipinski definition) is 4. The van der Waals surface area contributed by atoms with Gasteiger partial charge in [0.25, 0.3) is 0 Å². The van der Waals surface area contributed by atoms with E-state index in [0.717, 1.165) is 5.65 Å². The Bertz CT molecular complexity index is 472. The van der Waals surface area contributed by atoms with E-state index in [2.05, 4.69) is 17.6 Å². The Hall–Kier alpha value is -1.04. The number of hydrogen-bond donors (Lipinski definition) is 3. The maximum absolute atomic E-state index is 9.96. The second-order valence-corrected chi connectivity index (χ2v) is 4.08. The lowest BCUT2D eigenvalue weighted by atomic mass is 10.1. The Morgan fingerprint density at radius 3 is 2.94 bits per heavy atom. The van der Waals surface area contributed by atoms with Crippen LogP contribution in [-0.2, 0) is 0 Å². The van der Waals surface area contributed by atoms with Gasteiger partial charge in [0.15, 0.2) is 0 Å². The summed E-state index contributed by atoms with van der Waals surface area (Å²) in [5.41, 5.74) is 1.36. The highest BCUT2D eigenvalue weighted by Gasteiger charge is 2.20. The lowest BCUT2D eigenvalue weighted by molar-refractivity contribution is 0.0142. The molecule has 5 heteroatoms. The fourth-order valence-electron chi connectivity index (χ4n) is 1.66. The number of aliphatic hydroxyl groups excluding tert-OH is 2. The Morgan fingerprint density at radius 1 is 1.38 bits per heavy atom. The zero-order valence-electron chi connectivity index (χ0n) is 8.69. The monoisotopic (exact) mass is 238 g/mol. The fraction of sp³-hybridized carbons (Fsp3) is 0.364. The molecule has 16 heavy (non-hydrogen) atoms. The van der Waals surface area contributed by atoms with E-state index in [4.69, 9.17) is 0 Å². The van der Waals surface area contributed by atoms with Crippen LogP contribution in [0.1, 0.15) is 18.2 Å². The lowest BCUT2D eigenvalue weighted by Gasteiger charge is -2.16. The molecule has 4 nitrogen and oxygen atoms in total. The van der Waals surface area contributed by atoms with Crippen molar-refractivity contribution in [3.05, 3.63) is 36.3 Å². The van der Waals surface area contributed by atoms with Gasteiger partial charge in [-0.05, 0) is 24.3 Å². The highest BCUT2D eigenvalue weighted by atomic mass is 32.1. The summed E-state index contributed by atoms with van der Waals surface area (Å²) in [5.74, 6) is 0.537. The van der Waals surface area contributed by atoms with Gasteiger partial charge in [-0.1, -0.05) is 6.07 Å². The van der Waals surface area contributed by atoms with E-state index >= 15 is 0 Å². The minimum atomic E-state index is -0.926. The normalized spacial score (nSPS) is 15.2. The van der Waals surface area contributed by atoms with Crippen molar-refractivity contribution in [1.82, 2.24) is 9.38 Å². The Morgan fingerprint density at radius 2 is 2.19 bits per heavy atom. The van der Waals surface area contributed by atoms with Crippen molar-refractivity contribution in [2.24, 2.45) is 0 Å². The molecule has 0 spiro atoms. The van der Waals surface area contributed by atoms with E-state index in [1.54, 1.807) is 10.6 Å². The minimum Gasteiger partial charge on any atom is -0.390 e. The van der Waals surface area contributed by atoms with Crippen LogP contribution in [0.4, 0.5) is 0 Å². The van der Waals surface area contributed by atoms with Gasteiger partial charge in [-0.2, -0.15) is 12.6 Å². The van der Waals surface area contributed by atoms with Crippen molar-refractivity contribution in [2.75, 3.05) is 5.75 Å². The van der Waals surface area contributed by atoms with Gasteiger partial charge in [-0.3, -0.25) is 0 Å². The summed E-state index contributed by atoms with van der Waals surface area (Å²) < 4.78 is 1.77. The molecule has 0 fully saturated rings. The molecule has 0 radical (unpaired) electrons. The third-order valence-corrected chi connectivity index (χ3v) is 2.80. The number of nitrogens with zero attached hydrogens (tertiary/aromatic N) is 2. The third-order valence-electron chi connectivity index (χ3n) is 2.54. The van der Waals surface area contributed by atoms with E-state index in [9.17, 15) is 10.2 Å². The molecule has 0 aromatic carbocycles. The van der Waals surface area contributed by atoms with Crippen LogP contribution in [-0.4, -0.2) is 31.5 Å². The molecule has 86 valence electrons. The molecule has 2 aromatic rings. The molecule has 2 unspecified atom stereocenters. The van der Waals surface area contributed by atoms with Gasteiger partial charge in [-0.25, -0.2) is 4.98 Å². The van der Waals surface area contributed by atoms with Crippen LogP contribution >= 0.6 is 12.6 Å². The SMILES string of the molecule is OC(CCS)C(O)c1cnc2ccccn12. The first-order valence-corrected chi connectivity index (χ1v) is 5.76. The molecule has 2 heterocycles. The molecule has 0 amide bonds. The van der Waals surface area contributed by atoms with E-state index in [0.29, 0.717) is 17.9 Å². The van der Waals surface area contributed by atoms with Crippen molar-refractivity contribution in [3.63, 3.8) is 0 Å². The summed E-state index contributed by atoms with van der Waals surface area (Å²) in [5, 5.41) is 19.7. The summed E-state index contributed by atoms with van der Waals surface area (Å²) in [6.07, 6.45) is 2.11. The second-order valence-electron chi connectivity index (χ2n) is 3.64. The standard InChI is InChI=1S/C11H14N2O2S/c14-9(4-6-16)11(15)8-7-12-10-3-1-2-5-13(8)10/h1-3,5,7,9,11,14-16H,4,6H2. The third kappa shape index (κ3) is 2.07. The number of aromatic nitrogens is 2. The van der Waals surface area contributed by atoms with Crippen LogP contribution in [0, 0.1) is 0 Å². The van der Waals surface area contributed by atoms with Crippen LogP contribution in [0.3, 0.4) is 0 Å². The van der Waals surface area contributed by atoms with Crippen LogP contribution in [0.25, 0.3) is 5.65 Å². The molecule has 2 aromatic heterocycles. The van der Waals surface area contributed by atoms with Crippen LogP contribution in [0.2, 0.25) is 0 Å². The van der Waals surface area contributed by atoms with Gasteiger partial charge >= 0.3 is 0 Å². The molecule has 0 aliphatic rings. The first kappa shape index (κ1) is 11.4. The van der Waals surface area contributed by atoms with Gasteiger partial charge in [0.1, 0.15) is 11.8 Å².